The van der Waals surface area contributed by atoms with Crippen LogP contribution in [0, 0.1) is 0 Å². The minimum Gasteiger partial charge on any atom is -0.0620 e. The van der Waals surface area contributed by atoms with Crippen molar-refractivity contribution in [3.05, 3.63) is 121 Å². The van der Waals surface area contributed by atoms with Gasteiger partial charge in [0.15, 0.2) is 0 Å². The predicted octanol–water partition coefficient (Wildman–Crippen LogP) is 6.48. The molecule has 0 amide bonds. The Kier molecular flexibility index (Phi) is 11.8. The Morgan fingerprint density at radius 2 is 0.656 bits per heavy atom. The molecule has 0 unspecified atom stereocenters. The molecule has 4 aromatic carbocycles. The fraction of sp³-hybridized carbons (Fsp3) is 0.111. The van der Waals surface area contributed by atoms with Gasteiger partial charge in [0.2, 0.25) is 0 Å². The van der Waals surface area contributed by atoms with Crippen LogP contribution < -0.4 is 21.2 Å². The van der Waals surface area contributed by atoms with Crippen LogP contribution in [0.15, 0.2) is 121 Å². The van der Waals surface area contributed by atoms with Gasteiger partial charge in [0, 0.05) is 6.42 Å². The van der Waals surface area contributed by atoms with Crippen LogP contribution in [-0.2, 0) is 12.9 Å². The SMILES string of the molecule is [Cl][Co][Cl].c1ccc([PH+](CCC[PH+](c2ccccc2)c2ccccc2)c2ccccc2)cc1. The molecule has 0 aliphatic rings. The first-order valence-electron chi connectivity index (χ1n) is 10.6. The molecule has 0 heterocycles. The standard InChI is InChI=1S/C27H26P2.2ClH.Co/c1-5-14-24(15-6-1)28(25-16-7-2-8-17-25)22-13-23-29(26-18-9-3-10-19-26)27-20-11-4-12-21-27;;;/h1-12,14-21H,13,22-23H2;2*1H;/q;;;+2. The Labute approximate surface area is 209 Å². The maximum absolute atomic E-state index is 4.73. The topological polar surface area (TPSA) is 0 Å². The summed E-state index contributed by atoms with van der Waals surface area (Å²) in [4.78, 5) is 0. The van der Waals surface area contributed by atoms with Gasteiger partial charge in [0.1, 0.15) is 0 Å². The second-order valence-corrected chi connectivity index (χ2v) is 14.3. The minimum atomic E-state index is -0.742. The molecule has 4 rings (SSSR count). The van der Waals surface area contributed by atoms with Gasteiger partial charge in [-0.3, -0.25) is 0 Å². The van der Waals surface area contributed by atoms with Gasteiger partial charge in [-0.05, 0) is 48.5 Å². The molecule has 0 aromatic heterocycles. The first-order chi connectivity index (χ1) is 15.8. The van der Waals surface area contributed by atoms with Crippen molar-refractivity contribution in [3.63, 3.8) is 0 Å². The van der Waals surface area contributed by atoms with Gasteiger partial charge in [0.25, 0.3) is 0 Å². The van der Waals surface area contributed by atoms with Gasteiger partial charge in [-0.1, -0.05) is 72.8 Å². The van der Waals surface area contributed by atoms with Crippen molar-refractivity contribution in [2.24, 2.45) is 0 Å². The third-order valence-corrected chi connectivity index (χ3v) is 11.2. The van der Waals surface area contributed by atoms with Gasteiger partial charge in [0.05, 0.1) is 49.4 Å². The van der Waals surface area contributed by atoms with Gasteiger partial charge in [-0.15, -0.1) is 0 Å². The molecular formula is C27H28Cl2CoP2+2. The molecule has 0 saturated carbocycles. The smallest absolute Gasteiger partial charge is 0.0620 e. The van der Waals surface area contributed by atoms with Crippen molar-refractivity contribution in [1.82, 2.24) is 0 Å². The van der Waals surface area contributed by atoms with Crippen LogP contribution in [0.1, 0.15) is 6.42 Å². The summed E-state index contributed by atoms with van der Waals surface area (Å²) < 4.78 is 0. The third kappa shape index (κ3) is 8.00. The first-order valence-corrected chi connectivity index (χ1v) is 16.9. The van der Waals surface area contributed by atoms with E-state index in [0.29, 0.717) is 12.9 Å². The van der Waals surface area contributed by atoms with Crippen molar-refractivity contribution in [2.75, 3.05) is 12.3 Å². The van der Waals surface area contributed by atoms with E-state index in [2.05, 4.69) is 121 Å². The Morgan fingerprint density at radius 1 is 0.438 bits per heavy atom. The summed E-state index contributed by atoms with van der Waals surface area (Å²) in [5.41, 5.74) is 0. The molecule has 167 valence electrons. The molecule has 0 spiro atoms. The van der Waals surface area contributed by atoms with Crippen LogP contribution in [0.25, 0.3) is 0 Å². The molecule has 0 saturated heterocycles. The molecule has 0 aliphatic heterocycles. The second kappa shape index (κ2) is 14.9. The Bertz CT molecular complexity index is 841. The maximum atomic E-state index is 4.73. The molecule has 32 heavy (non-hydrogen) atoms. The summed E-state index contributed by atoms with van der Waals surface area (Å²) in [5, 5.41) is 6.10. The zero-order valence-corrected chi connectivity index (χ0v) is 22.3. The van der Waals surface area contributed by atoms with Gasteiger partial charge in [-0.2, -0.15) is 0 Å². The van der Waals surface area contributed by atoms with Crippen molar-refractivity contribution >= 4 is 57.4 Å². The Morgan fingerprint density at radius 3 is 0.875 bits per heavy atom. The fourth-order valence-corrected chi connectivity index (χ4v) is 9.52. The van der Waals surface area contributed by atoms with E-state index in [9.17, 15) is 0 Å². The van der Waals surface area contributed by atoms with Crippen molar-refractivity contribution in [3.8, 4) is 0 Å². The molecule has 0 bridgehead atoms. The molecule has 4 aromatic rings. The Balaban J connectivity index is 0.000000913. The van der Waals surface area contributed by atoms with Crippen LogP contribution in [0.5, 0.6) is 0 Å². The largest absolute Gasteiger partial charge is 0.0966 e. The van der Waals surface area contributed by atoms with E-state index in [-0.39, 0.29) is 0 Å². The van der Waals surface area contributed by atoms with Gasteiger partial charge < -0.3 is 0 Å². The second-order valence-electron chi connectivity index (χ2n) is 7.32. The van der Waals surface area contributed by atoms with Crippen LogP contribution in [0.3, 0.4) is 0 Å². The molecule has 0 nitrogen and oxygen atoms in total. The molecule has 0 atom stereocenters. The van der Waals surface area contributed by atoms with E-state index < -0.39 is 15.8 Å². The molecular weight excluding hydrogens is 516 g/mol. The minimum absolute atomic E-state index is 0.382. The molecule has 0 radical (unpaired) electrons. The average Bonchev–Trinajstić information content (AvgIpc) is 2.87. The van der Waals surface area contributed by atoms with E-state index >= 15 is 0 Å². The number of hydrogen-bond acceptors (Lipinski definition) is 0. The monoisotopic (exact) mass is 543 g/mol. The summed E-state index contributed by atoms with van der Waals surface area (Å²) >= 11 is 0.382. The van der Waals surface area contributed by atoms with E-state index in [1.165, 1.54) is 40.0 Å². The number of rotatable bonds is 8. The van der Waals surface area contributed by atoms with Crippen molar-refractivity contribution < 1.29 is 12.9 Å². The number of halogens is 2. The van der Waals surface area contributed by atoms with Crippen LogP contribution in [0.4, 0.5) is 0 Å². The van der Waals surface area contributed by atoms with Crippen molar-refractivity contribution in [2.45, 2.75) is 6.42 Å². The quantitative estimate of drug-likeness (QED) is 0.223. The third-order valence-electron chi connectivity index (χ3n) is 5.34. The average molecular weight is 544 g/mol. The first kappa shape index (κ1) is 25.4. The normalized spacial score (nSPS) is 10.8. The summed E-state index contributed by atoms with van der Waals surface area (Å²) in [6, 6.07) is 44.6. The molecule has 0 fully saturated rings. The summed E-state index contributed by atoms with van der Waals surface area (Å²) in [6.45, 7) is 0. The van der Waals surface area contributed by atoms with E-state index in [1.807, 2.05) is 0 Å². The summed E-state index contributed by atoms with van der Waals surface area (Å²) in [5.74, 6) is 0. The summed E-state index contributed by atoms with van der Waals surface area (Å²) in [7, 11) is 7.98. The van der Waals surface area contributed by atoms with E-state index in [1.54, 1.807) is 0 Å². The summed E-state index contributed by atoms with van der Waals surface area (Å²) in [6.07, 6.45) is 3.84. The molecule has 5 heteroatoms. The van der Waals surface area contributed by atoms with E-state index in [4.69, 9.17) is 20.3 Å². The van der Waals surface area contributed by atoms with Crippen LogP contribution >= 0.6 is 36.1 Å². The van der Waals surface area contributed by atoms with Gasteiger partial charge in [-0.25, -0.2) is 0 Å². The molecule has 0 aliphatic carbocycles. The van der Waals surface area contributed by atoms with E-state index in [0.717, 1.165) is 0 Å². The fourth-order valence-electron chi connectivity index (χ4n) is 3.91. The number of benzene rings is 4. The zero-order chi connectivity index (χ0) is 22.4. The zero-order valence-electron chi connectivity index (χ0n) is 17.8. The predicted molar refractivity (Wildman–Crippen MR) is 147 cm³/mol. The van der Waals surface area contributed by atoms with Crippen LogP contribution in [-0.4, -0.2) is 12.3 Å². The van der Waals surface area contributed by atoms with Crippen molar-refractivity contribution in [1.29, 1.82) is 0 Å². The van der Waals surface area contributed by atoms with Crippen LogP contribution in [0.2, 0.25) is 0 Å². The molecule has 0 N–H and O–H groups in total. The Hall–Kier alpha value is -1.17. The number of hydrogen-bond donors (Lipinski definition) is 0. The van der Waals surface area contributed by atoms with Gasteiger partial charge >= 0.3 is 33.2 Å². The maximum Gasteiger partial charge on any atom is 0.0966 e.